The molecule has 0 aliphatic rings. The quantitative estimate of drug-likeness (QED) is 0.641. The summed E-state index contributed by atoms with van der Waals surface area (Å²) in [7, 11) is 0. The van der Waals surface area contributed by atoms with Crippen LogP contribution in [0.4, 0.5) is 0 Å². The van der Waals surface area contributed by atoms with Crippen molar-refractivity contribution in [3.05, 3.63) is 0 Å². The van der Waals surface area contributed by atoms with E-state index in [1.54, 1.807) is 11.8 Å². The summed E-state index contributed by atoms with van der Waals surface area (Å²) in [5, 5.41) is 3.03. The smallest absolute Gasteiger partial charge is 0.307 e. The molecule has 1 unspecified atom stereocenters. The molecular weight excluding hydrogens is 220 g/mol. The van der Waals surface area contributed by atoms with E-state index in [0.29, 0.717) is 26.1 Å². The van der Waals surface area contributed by atoms with Crippen molar-refractivity contribution in [2.45, 2.75) is 40.2 Å². The maximum atomic E-state index is 11.7. The van der Waals surface area contributed by atoms with Crippen LogP contribution in [-0.2, 0) is 14.3 Å². The molecular formula is C12H24N2O3. The summed E-state index contributed by atoms with van der Waals surface area (Å²) in [4.78, 5) is 24.6. The summed E-state index contributed by atoms with van der Waals surface area (Å²) >= 11 is 0. The van der Waals surface area contributed by atoms with Crippen LogP contribution < -0.4 is 5.32 Å². The highest BCUT2D eigenvalue weighted by molar-refractivity contribution is 5.78. The van der Waals surface area contributed by atoms with Crippen LogP contribution in [0.1, 0.15) is 34.1 Å². The Morgan fingerprint density at radius 2 is 1.82 bits per heavy atom. The van der Waals surface area contributed by atoms with Crippen LogP contribution in [0.2, 0.25) is 0 Å². The van der Waals surface area contributed by atoms with E-state index in [-0.39, 0.29) is 24.5 Å². The molecule has 0 fully saturated rings. The summed E-state index contributed by atoms with van der Waals surface area (Å²) in [5.74, 6) is -0.173. The molecule has 0 aromatic carbocycles. The lowest BCUT2D eigenvalue weighted by Crippen LogP contribution is -2.41. The Balaban J connectivity index is 3.86. The average Bonchev–Trinajstić information content (AvgIpc) is 2.28. The van der Waals surface area contributed by atoms with Gasteiger partial charge in [0.1, 0.15) is 0 Å². The highest BCUT2D eigenvalue weighted by Crippen LogP contribution is 1.95. The summed E-state index contributed by atoms with van der Waals surface area (Å²) in [6.07, 6.45) is 0.291. The Morgan fingerprint density at radius 3 is 2.29 bits per heavy atom. The SMILES string of the molecule is CCOC(=O)CC(C)NCC(=O)N(CC)CC. The highest BCUT2D eigenvalue weighted by atomic mass is 16.5. The number of hydrogen-bond donors (Lipinski definition) is 1. The van der Waals surface area contributed by atoms with Crippen LogP contribution in [-0.4, -0.2) is 49.1 Å². The Morgan fingerprint density at radius 1 is 1.24 bits per heavy atom. The number of carbonyl (C=O) groups excluding carboxylic acids is 2. The first-order chi connectivity index (χ1) is 8.04. The number of hydrogen-bond acceptors (Lipinski definition) is 4. The number of rotatable bonds is 8. The fourth-order valence-electron chi connectivity index (χ4n) is 1.49. The maximum absolute atomic E-state index is 11.7. The van der Waals surface area contributed by atoms with Crippen molar-refractivity contribution in [2.75, 3.05) is 26.2 Å². The minimum absolute atomic E-state index is 0.0476. The van der Waals surface area contributed by atoms with Crippen LogP contribution >= 0.6 is 0 Å². The summed E-state index contributed by atoms with van der Waals surface area (Å²) in [5.41, 5.74) is 0. The summed E-state index contributed by atoms with van der Waals surface area (Å²) in [6, 6.07) is -0.0476. The summed E-state index contributed by atoms with van der Waals surface area (Å²) < 4.78 is 4.83. The average molecular weight is 244 g/mol. The van der Waals surface area contributed by atoms with E-state index < -0.39 is 0 Å². The van der Waals surface area contributed by atoms with E-state index in [2.05, 4.69) is 5.32 Å². The maximum Gasteiger partial charge on any atom is 0.307 e. The van der Waals surface area contributed by atoms with Crippen LogP contribution in [0, 0.1) is 0 Å². The molecule has 0 saturated heterocycles. The molecule has 5 nitrogen and oxygen atoms in total. The molecule has 0 bridgehead atoms. The third-order valence-corrected chi connectivity index (χ3v) is 2.50. The minimum atomic E-state index is -0.234. The van der Waals surface area contributed by atoms with Gasteiger partial charge in [-0.3, -0.25) is 9.59 Å². The molecule has 1 atom stereocenters. The molecule has 0 aromatic rings. The first-order valence-corrected chi connectivity index (χ1v) is 6.21. The van der Waals surface area contributed by atoms with Gasteiger partial charge in [-0.2, -0.15) is 0 Å². The molecule has 0 aliphatic heterocycles. The molecule has 1 amide bonds. The molecule has 17 heavy (non-hydrogen) atoms. The third-order valence-electron chi connectivity index (χ3n) is 2.50. The first-order valence-electron chi connectivity index (χ1n) is 6.21. The third kappa shape index (κ3) is 6.94. The van der Waals surface area contributed by atoms with Crippen molar-refractivity contribution in [1.29, 1.82) is 0 Å². The van der Waals surface area contributed by atoms with Gasteiger partial charge in [-0.1, -0.05) is 0 Å². The lowest BCUT2D eigenvalue weighted by atomic mass is 10.2. The zero-order valence-electron chi connectivity index (χ0n) is 11.3. The van der Waals surface area contributed by atoms with E-state index in [1.807, 2.05) is 20.8 Å². The number of nitrogens with zero attached hydrogens (tertiary/aromatic N) is 1. The number of carbonyl (C=O) groups is 2. The predicted octanol–water partition coefficient (Wildman–Crippen LogP) is 0.786. The normalized spacial score (nSPS) is 12.0. The molecule has 0 heterocycles. The van der Waals surface area contributed by atoms with Gasteiger partial charge in [-0.15, -0.1) is 0 Å². The van der Waals surface area contributed by atoms with Crippen LogP contribution in [0.3, 0.4) is 0 Å². The standard InChI is InChI=1S/C12H24N2O3/c1-5-14(6-2)11(15)9-13-10(4)8-12(16)17-7-3/h10,13H,5-9H2,1-4H3. The predicted molar refractivity (Wildman–Crippen MR) is 66.6 cm³/mol. The zero-order valence-corrected chi connectivity index (χ0v) is 11.3. The second kappa shape index (κ2) is 8.98. The summed E-state index contributed by atoms with van der Waals surface area (Å²) in [6.45, 7) is 9.62. The lowest BCUT2D eigenvalue weighted by molar-refractivity contribution is -0.143. The second-order valence-electron chi connectivity index (χ2n) is 3.86. The molecule has 0 spiro atoms. The van der Waals surface area contributed by atoms with Gasteiger partial charge >= 0.3 is 5.97 Å². The number of esters is 1. The number of amides is 1. The van der Waals surface area contributed by atoms with Gasteiger partial charge in [-0.05, 0) is 27.7 Å². The molecule has 100 valence electrons. The van der Waals surface area contributed by atoms with Gasteiger partial charge in [0.2, 0.25) is 5.91 Å². The molecule has 0 saturated carbocycles. The number of ether oxygens (including phenoxy) is 1. The van der Waals surface area contributed by atoms with Crippen molar-refractivity contribution in [3.63, 3.8) is 0 Å². The molecule has 5 heteroatoms. The Kier molecular flexibility index (Phi) is 8.40. The van der Waals surface area contributed by atoms with Gasteiger partial charge < -0.3 is 15.0 Å². The topological polar surface area (TPSA) is 58.6 Å². The van der Waals surface area contributed by atoms with E-state index in [4.69, 9.17) is 4.74 Å². The lowest BCUT2D eigenvalue weighted by Gasteiger charge is -2.20. The van der Waals surface area contributed by atoms with Crippen LogP contribution in [0.25, 0.3) is 0 Å². The van der Waals surface area contributed by atoms with E-state index >= 15 is 0 Å². The van der Waals surface area contributed by atoms with Crippen molar-refractivity contribution < 1.29 is 14.3 Å². The van der Waals surface area contributed by atoms with Crippen LogP contribution in [0.15, 0.2) is 0 Å². The monoisotopic (exact) mass is 244 g/mol. The van der Waals surface area contributed by atoms with Crippen molar-refractivity contribution in [3.8, 4) is 0 Å². The van der Waals surface area contributed by atoms with Gasteiger partial charge in [-0.25, -0.2) is 0 Å². The van der Waals surface area contributed by atoms with Gasteiger partial charge in [0.15, 0.2) is 0 Å². The Hall–Kier alpha value is -1.10. The molecule has 0 aromatic heterocycles. The number of nitrogens with one attached hydrogen (secondary N) is 1. The minimum Gasteiger partial charge on any atom is -0.466 e. The van der Waals surface area contributed by atoms with Crippen molar-refractivity contribution in [1.82, 2.24) is 10.2 Å². The number of likely N-dealkylation sites (N-methyl/N-ethyl adjacent to an activating group) is 1. The van der Waals surface area contributed by atoms with Gasteiger partial charge in [0.05, 0.1) is 19.6 Å². The van der Waals surface area contributed by atoms with Crippen molar-refractivity contribution >= 4 is 11.9 Å². The van der Waals surface area contributed by atoms with Crippen LogP contribution in [0.5, 0.6) is 0 Å². The zero-order chi connectivity index (χ0) is 13.3. The Bertz CT molecular complexity index is 240. The molecule has 0 rings (SSSR count). The fraction of sp³-hybridized carbons (Fsp3) is 0.833. The van der Waals surface area contributed by atoms with Gasteiger partial charge in [0, 0.05) is 19.1 Å². The molecule has 1 N–H and O–H groups in total. The first kappa shape index (κ1) is 15.9. The van der Waals surface area contributed by atoms with E-state index in [1.165, 1.54) is 0 Å². The van der Waals surface area contributed by atoms with Crippen molar-refractivity contribution in [2.24, 2.45) is 0 Å². The van der Waals surface area contributed by atoms with E-state index in [9.17, 15) is 9.59 Å². The largest absolute Gasteiger partial charge is 0.466 e. The molecule has 0 radical (unpaired) electrons. The van der Waals surface area contributed by atoms with E-state index in [0.717, 1.165) is 0 Å². The Labute approximate surface area is 103 Å². The van der Waals surface area contributed by atoms with Gasteiger partial charge in [0.25, 0.3) is 0 Å². The highest BCUT2D eigenvalue weighted by Gasteiger charge is 2.13. The molecule has 0 aliphatic carbocycles. The fourth-order valence-corrected chi connectivity index (χ4v) is 1.49. The second-order valence-corrected chi connectivity index (χ2v) is 3.86.